The van der Waals surface area contributed by atoms with Gasteiger partial charge in [0.25, 0.3) is 0 Å². The Bertz CT molecular complexity index is 601. The Morgan fingerprint density at radius 1 is 1.24 bits per heavy atom. The Morgan fingerprint density at radius 3 is 2.67 bits per heavy atom. The van der Waals surface area contributed by atoms with Gasteiger partial charge in [0.2, 0.25) is 0 Å². The van der Waals surface area contributed by atoms with E-state index in [-0.39, 0.29) is 0 Å². The molecule has 2 aromatic rings. The standard InChI is InChI=1S/C18H22ClNS/c1-12(9-16-8-7-13(2)21-16)20-15-10-14(11-15)17-5-3-4-6-18(17)19/h3-8,12,14-15,20H,9-11H2,1-2H3. The molecule has 1 fully saturated rings. The first kappa shape index (κ1) is 15.1. The molecular formula is C18H22ClNS. The van der Waals surface area contributed by atoms with Gasteiger partial charge in [-0.05, 0) is 62.8 Å². The highest BCUT2D eigenvalue weighted by molar-refractivity contribution is 7.11. The topological polar surface area (TPSA) is 12.0 Å². The molecule has 0 amide bonds. The minimum Gasteiger partial charge on any atom is -0.311 e. The van der Waals surface area contributed by atoms with E-state index >= 15 is 0 Å². The van der Waals surface area contributed by atoms with Crippen molar-refractivity contribution < 1.29 is 0 Å². The summed E-state index contributed by atoms with van der Waals surface area (Å²) >= 11 is 8.19. The molecule has 112 valence electrons. The fourth-order valence-electron chi connectivity index (χ4n) is 3.17. The van der Waals surface area contributed by atoms with Crippen LogP contribution < -0.4 is 5.32 Å². The average molecular weight is 320 g/mol. The number of benzene rings is 1. The fraction of sp³-hybridized carbons (Fsp3) is 0.444. The molecule has 1 aromatic heterocycles. The largest absolute Gasteiger partial charge is 0.311 e. The fourth-order valence-corrected chi connectivity index (χ4v) is 4.48. The van der Waals surface area contributed by atoms with Gasteiger partial charge in [0.05, 0.1) is 0 Å². The summed E-state index contributed by atoms with van der Waals surface area (Å²) in [5.74, 6) is 0.632. The van der Waals surface area contributed by atoms with Crippen LogP contribution in [0.4, 0.5) is 0 Å². The van der Waals surface area contributed by atoms with Crippen molar-refractivity contribution in [3.05, 3.63) is 56.7 Å². The summed E-state index contributed by atoms with van der Waals surface area (Å²) in [6.45, 7) is 4.46. The zero-order chi connectivity index (χ0) is 14.8. The average Bonchev–Trinajstić information content (AvgIpc) is 2.80. The Labute approximate surface area is 136 Å². The molecule has 0 spiro atoms. The summed E-state index contributed by atoms with van der Waals surface area (Å²) in [4.78, 5) is 2.88. The van der Waals surface area contributed by atoms with E-state index in [9.17, 15) is 0 Å². The monoisotopic (exact) mass is 319 g/mol. The second-order valence-electron chi connectivity index (χ2n) is 6.17. The maximum atomic E-state index is 6.28. The van der Waals surface area contributed by atoms with Crippen LogP contribution in [0, 0.1) is 6.92 Å². The first-order valence-electron chi connectivity index (χ1n) is 7.67. The molecule has 1 atom stereocenters. The maximum Gasteiger partial charge on any atom is 0.0440 e. The van der Waals surface area contributed by atoms with Gasteiger partial charge in [0.1, 0.15) is 0 Å². The second kappa shape index (κ2) is 6.51. The molecule has 0 aliphatic heterocycles. The van der Waals surface area contributed by atoms with Crippen LogP contribution in [0.3, 0.4) is 0 Å². The van der Waals surface area contributed by atoms with E-state index in [0.717, 1.165) is 11.4 Å². The molecule has 21 heavy (non-hydrogen) atoms. The quantitative estimate of drug-likeness (QED) is 0.801. The molecule has 1 saturated carbocycles. The van der Waals surface area contributed by atoms with Gasteiger partial charge >= 0.3 is 0 Å². The molecule has 1 heterocycles. The van der Waals surface area contributed by atoms with Crippen molar-refractivity contribution in [3.63, 3.8) is 0 Å². The van der Waals surface area contributed by atoms with E-state index in [1.165, 1.54) is 28.2 Å². The number of hydrogen-bond acceptors (Lipinski definition) is 2. The molecule has 1 aliphatic rings. The third-order valence-corrected chi connectivity index (χ3v) is 5.67. The first-order chi connectivity index (χ1) is 10.1. The molecule has 0 saturated heterocycles. The number of hydrogen-bond donors (Lipinski definition) is 1. The Hall–Kier alpha value is -0.830. The minimum atomic E-state index is 0.542. The lowest BCUT2D eigenvalue weighted by Gasteiger charge is -2.38. The van der Waals surface area contributed by atoms with Gasteiger partial charge in [0, 0.05) is 26.9 Å². The highest BCUT2D eigenvalue weighted by Crippen LogP contribution is 2.40. The molecule has 3 rings (SSSR count). The second-order valence-corrected chi connectivity index (χ2v) is 7.95. The van der Waals surface area contributed by atoms with Gasteiger partial charge in [-0.3, -0.25) is 0 Å². The van der Waals surface area contributed by atoms with Gasteiger partial charge < -0.3 is 5.32 Å². The smallest absolute Gasteiger partial charge is 0.0440 e. The highest BCUT2D eigenvalue weighted by atomic mass is 35.5. The molecule has 0 radical (unpaired) electrons. The van der Waals surface area contributed by atoms with E-state index in [1.807, 2.05) is 23.5 Å². The van der Waals surface area contributed by atoms with Crippen LogP contribution in [0.5, 0.6) is 0 Å². The number of thiophene rings is 1. The van der Waals surface area contributed by atoms with Crippen molar-refractivity contribution in [2.24, 2.45) is 0 Å². The SMILES string of the molecule is Cc1ccc(CC(C)NC2CC(c3ccccc3Cl)C2)s1. The zero-order valence-electron chi connectivity index (χ0n) is 12.6. The van der Waals surface area contributed by atoms with Crippen LogP contribution in [0.15, 0.2) is 36.4 Å². The minimum absolute atomic E-state index is 0.542. The van der Waals surface area contributed by atoms with E-state index in [1.54, 1.807) is 0 Å². The number of nitrogens with one attached hydrogen (secondary N) is 1. The Morgan fingerprint density at radius 2 is 2.00 bits per heavy atom. The molecule has 0 bridgehead atoms. The first-order valence-corrected chi connectivity index (χ1v) is 8.87. The van der Waals surface area contributed by atoms with Crippen LogP contribution >= 0.6 is 22.9 Å². The van der Waals surface area contributed by atoms with Crippen molar-refractivity contribution in [3.8, 4) is 0 Å². The maximum absolute atomic E-state index is 6.28. The summed E-state index contributed by atoms with van der Waals surface area (Å²) in [6, 6.07) is 13.9. The predicted octanol–water partition coefficient (Wildman–Crippen LogP) is 5.18. The van der Waals surface area contributed by atoms with Crippen molar-refractivity contribution in [2.45, 2.75) is 51.1 Å². The normalized spacial score (nSPS) is 22.8. The van der Waals surface area contributed by atoms with Crippen LogP contribution in [0.25, 0.3) is 0 Å². The third-order valence-electron chi connectivity index (χ3n) is 4.31. The number of halogens is 1. The molecule has 1 aliphatic carbocycles. The Kier molecular flexibility index (Phi) is 4.68. The third kappa shape index (κ3) is 3.68. The zero-order valence-corrected chi connectivity index (χ0v) is 14.2. The lowest BCUT2D eigenvalue weighted by Crippen LogP contribution is -2.45. The number of rotatable bonds is 5. The summed E-state index contributed by atoms with van der Waals surface area (Å²) in [5, 5.41) is 4.68. The number of aryl methyl sites for hydroxylation is 1. The van der Waals surface area contributed by atoms with Gasteiger partial charge in [-0.2, -0.15) is 0 Å². The molecule has 1 aromatic carbocycles. The molecular weight excluding hydrogens is 298 g/mol. The molecule has 3 heteroatoms. The summed E-state index contributed by atoms with van der Waals surface area (Å²) in [5.41, 5.74) is 1.32. The van der Waals surface area contributed by atoms with Crippen LogP contribution in [0.2, 0.25) is 5.02 Å². The van der Waals surface area contributed by atoms with Crippen molar-refractivity contribution in [2.75, 3.05) is 0 Å². The Balaban J connectivity index is 1.47. The van der Waals surface area contributed by atoms with Crippen molar-refractivity contribution >= 4 is 22.9 Å². The van der Waals surface area contributed by atoms with Gasteiger partial charge in [-0.15, -0.1) is 11.3 Å². The van der Waals surface area contributed by atoms with Crippen molar-refractivity contribution in [1.82, 2.24) is 5.32 Å². The van der Waals surface area contributed by atoms with E-state index in [2.05, 4.69) is 43.4 Å². The van der Waals surface area contributed by atoms with E-state index < -0.39 is 0 Å². The van der Waals surface area contributed by atoms with Crippen LogP contribution in [-0.4, -0.2) is 12.1 Å². The van der Waals surface area contributed by atoms with E-state index in [4.69, 9.17) is 11.6 Å². The summed E-state index contributed by atoms with van der Waals surface area (Å²) in [6.07, 6.45) is 3.54. The predicted molar refractivity (Wildman–Crippen MR) is 92.6 cm³/mol. The highest BCUT2D eigenvalue weighted by Gasteiger charge is 2.31. The molecule has 1 unspecified atom stereocenters. The van der Waals surface area contributed by atoms with Gasteiger partial charge in [-0.25, -0.2) is 0 Å². The van der Waals surface area contributed by atoms with Crippen LogP contribution in [0.1, 0.15) is 41.0 Å². The van der Waals surface area contributed by atoms with Gasteiger partial charge in [-0.1, -0.05) is 29.8 Å². The lowest BCUT2D eigenvalue weighted by atomic mass is 9.75. The van der Waals surface area contributed by atoms with Crippen molar-refractivity contribution in [1.29, 1.82) is 0 Å². The van der Waals surface area contributed by atoms with Gasteiger partial charge in [0.15, 0.2) is 0 Å². The van der Waals surface area contributed by atoms with E-state index in [0.29, 0.717) is 18.0 Å². The summed E-state index contributed by atoms with van der Waals surface area (Å²) < 4.78 is 0. The lowest BCUT2D eigenvalue weighted by molar-refractivity contribution is 0.269. The molecule has 1 nitrogen and oxygen atoms in total. The molecule has 1 N–H and O–H groups in total. The van der Waals surface area contributed by atoms with Crippen LogP contribution in [-0.2, 0) is 6.42 Å². The summed E-state index contributed by atoms with van der Waals surface area (Å²) in [7, 11) is 0.